The van der Waals surface area contributed by atoms with Crippen molar-refractivity contribution in [3.05, 3.63) is 131 Å². The molecule has 2 heterocycles. The van der Waals surface area contributed by atoms with E-state index in [4.69, 9.17) is 0 Å². The summed E-state index contributed by atoms with van der Waals surface area (Å²) in [4.78, 5) is 0. The van der Waals surface area contributed by atoms with Gasteiger partial charge in [0.15, 0.2) is 0 Å². The minimum Gasteiger partial charge on any atom is -0.313 e. The normalized spacial score (nSPS) is 14.7. The molecule has 2 heteroatoms. The lowest BCUT2D eigenvalue weighted by Crippen LogP contribution is -2.10. The lowest BCUT2D eigenvalue weighted by molar-refractivity contribution is 0.591. The molecule has 0 N–H and O–H groups in total. The molecule has 2 aliphatic rings. The number of allylic oxidation sites excluding steroid dienone is 2. The first kappa shape index (κ1) is 28.9. The zero-order valence-electron chi connectivity index (χ0n) is 28.1. The van der Waals surface area contributed by atoms with Crippen molar-refractivity contribution in [1.82, 2.24) is 9.13 Å². The van der Waals surface area contributed by atoms with E-state index in [9.17, 15) is 0 Å². The molecule has 4 aromatic carbocycles. The van der Waals surface area contributed by atoms with Gasteiger partial charge in [0.1, 0.15) is 0 Å². The van der Waals surface area contributed by atoms with Crippen LogP contribution in [-0.4, -0.2) is 9.13 Å². The van der Waals surface area contributed by atoms with Crippen LogP contribution in [0.4, 0.5) is 0 Å². The summed E-state index contributed by atoms with van der Waals surface area (Å²) in [6, 6.07) is 32.5. The van der Waals surface area contributed by atoms with Crippen molar-refractivity contribution in [3.8, 4) is 22.5 Å². The number of hydrogen-bond acceptors (Lipinski definition) is 0. The average molecular weight is 601 g/mol. The first-order valence-electron chi connectivity index (χ1n) is 17.0. The Morgan fingerprint density at radius 1 is 0.500 bits per heavy atom. The Hall–Kier alpha value is -4.56. The van der Waals surface area contributed by atoms with Crippen LogP contribution in [-0.2, 0) is 23.7 Å². The summed E-state index contributed by atoms with van der Waals surface area (Å²) in [5.41, 5.74) is 16.1. The minimum absolute atomic E-state index is 0.113. The third-order valence-electron chi connectivity index (χ3n) is 10.2. The number of aromatic nitrogens is 2. The number of nitrogens with zero attached hydrogens (tertiary/aromatic N) is 2. The topological polar surface area (TPSA) is 9.86 Å². The van der Waals surface area contributed by atoms with E-state index in [0.29, 0.717) is 0 Å². The van der Waals surface area contributed by atoms with Crippen LogP contribution in [0.2, 0.25) is 0 Å². The quantitative estimate of drug-likeness (QED) is 0.191. The van der Waals surface area contributed by atoms with Crippen molar-refractivity contribution < 1.29 is 0 Å². The van der Waals surface area contributed by atoms with Crippen LogP contribution in [0.1, 0.15) is 88.0 Å². The van der Waals surface area contributed by atoms with Gasteiger partial charge in [-0.05, 0) is 107 Å². The molecule has 0 spiro atoms. The first-order chi connectivity index (χ1) is 22.1. The maximum Gasteiger partial charge on any atom is 0.0537 e. The lowest BCUT2D eigenvalue weighted by atomic mass is 9.86. The Labute approximate surface area is 273 Å². The molecule has 0 unspecified atom stereocenters. The molecule has 2 aliphatic carbocycles. The average Bonchev–Trinajstić information content (AvgIpc) is 3.56. The fraction of sp³-hybridized carbons (Fsp3) is 0.273. The van der Waals surface area contributed by atoms with Crippen molar-refractivity contribution in [1.29, 1.82) is 0 Å². The van der Waals surface area contributed by atoms with Crippen LogP contribution < -0.4 is 0 Å². The maximum absolute atomic E-state index is 2.52. The van der Waals surface area contributed by atoms with E-state index in [1.54, 1.807) is 0 Å². The van der Waals surface area contributed by atoms with Crippen molar-refractivity contribution in [2.45, 2.75) is 78.1 Å². The van der Waals surface area contributed by atoms with Gasteiger partial charge in [-0.2, -0.15) is 0 Å². The van der Waals surface area contributed by atoms with Crippen LogP contribution >= 0.6 is 0 Å². The summed E-state index contributed by atoms with van der Waals surface area (Å²) < 4.78 is 5.03. The number of fused-ring (bicyclic) bond motifs is 6. The molecule has 0 aliphatic heterocycles. The van der Waals surface area contributed by atoms with Gasteiger partial charge in [0.25, 0.3) is 0 Å². The predicted octanol–water partition coefficient (Wildman–Crippen LogP) is 11.8. The molecule has 2 nitrogen and oxygen atoms in total. The lowest BCUT2D eigenvalue weighted by Gasteiger charge is -2.19. The second kappa shape index (κ2) is 10.5. The van der Waals surface area contributed by atoms with Crippen molar-refractivity contribution in [2.24, 2.45) is 0 Å². The molecule has 8 rings (SSSR count). The van der Waals surface area contributed by atoms with Crippen LogP contribution in [0, 0.1) is 0 Å². The Bertz CT molecular complexity index is 2060. The van der Waals surface area contributed by atoms with Crippen LogP contribution in [0.15, 0.2) is 97.1 Å². The van der Waals surface area contributed by atoms with Crippen LogP contribution in [0.25, 0.3) is 56.5 Å². The van der Waals surface area contributed by atoms with E-state index in [1.807, 2.05) is 0 Å². The van der Waals surface area contributed by atoms with Gasteiger partial charge in [-0.15, -0.1) is 0 Å². The summed E-state index contributed by atoms with van der Waals surface area (Å²) in [5, 5.41) is 2.72. The smallest absolute Gasteiger partial charge is 0.0537 e. The molecular weight excluding hydrogens is 556 g/mol. The van der Waals surface area contributed by atoms with E-state index in [0.717, 1.165) is 25.7 Å². The monoisotopic (exact) mass is 600 g/mol. The third-order valence-corrected chi connectivity index (χ3v) is 10.2. The van der Waals surface area contributed by atoms with Gasteiger partial charge in [-0.3, -0.25) is 0 Å². The highest BCUT2D eigenvalue weighted by atomic mass is 15.0. The summed E-state index contributed by atoms with van der Waals surface area (Å²) in [7, 11) is 0. The first-order valence-corrected chi connectivity index (χ1v) is 17.0. The Balaban J connectivity index is 1.26. The molecule has 0 amide bonds. The number of hydrogen-bond donors (Lipinski definition) is 0. The molecular formula is C44H44N2. The highest BCUT2D eigenvalue weighted by Gasteiger charge is 2.23. The van der Waals surface area contributed by atoms with Gasteiger partial charge in [-0.25, -0.2) is 0 Å². The zero-order valence-corrected chi connectivity index (χ0v) is 28.1. The Morgan fingerprint density at radius 2 is 0.935 bits per heavy atom. The summed E-state index contributed by atoms with van der Waals surface area (Å²) >= 11 is 0. The number of benzene rings is 4. The molecule has 0 radical (unpaired) electrons. The van der Waals surface area contributed by atoms with Gasteiger partial charge < -0.3 is 9.13 Å². The highest BCUT2D eigenvalue weighted by molar-refractivity contribution is 5.95. The fourth-order valence-electron chi connectivity index (χ4n) is 7.62. The fourth-order valence-corrected chi connectivity index (χ4v) is 7.62. The van der Waals surface area contributed by atoms with E-state index < -0.39 is 0 Å². The molecule has 0 fully saturated rings. The molecule has 0 atom stereocenters. The van der Waals surface area contributed by atoms with Crippen molar-refractivity contribution in [2.75, 3.05) is 0 Å². The SMILES string of the molecule is CC(C)(C)c1ccc2c(c1)c1c(n2-c2cccc(-c3cccc(-n4c5c(c6cc(C(C)(C)C)ccc64)C=CCC5)c3)c2)CCC=C1. The summed E-state index contributed by atoms with van der Waals surface area (Å²) in [6.07, 6.45) is 13.6. The molecule has 6 aromatic rings. The number of rotatable bonds is 3. The molecule has 0 saturated carbocycles. The third kappa shape index (κ3) is 4.69. The van der Waals surface area contributed by atoms with E-state index in [2.05, 4.69) is 160 Å². The van der Waals surface area contributed by atoms with Gasteiger partial charge >= 0.3 is 0 Å². The molecule has 0 bridgehead atoms. The molecule has 230 valence electrons. The van der Waals surface area contributed by atoms with Gasteiger partial charge in [0.05, 0.1) is 11.0 Å². The van der Waals surface area contributed by atoms with Crippen LogP contribution in [0.5, 0.6) is 0 Å². The standard InChI is InChI=1S/C44H44N2/c1-43(2,3)31-21-23-41-37(27-31)35-17-7-9-19-39(35)45(41)33-15-11-13-29(25-33)30-14-12-16-34(26-30)46-40-20-10-8-18-36(40)38-28-32(44(4,5)6)22-24-42(38)46/h7-8,11-18,21-28H,9-10,19-20H2,1-6H3. The maximum atomic E-state index is 2.52. The Kier molecular flexibility index (Phi) is 6.59. The van der Waals surface area contributed by atoms with Gasteiger partial charge in [0.2, 0.25) is 0 Å². The van der Waals surface area contributed by atoms with Crippen molar-refractivity contribution >= 4 is 34.0 Å². The summed E-state index contributed by atoms with van der Waals surface area (Å²) in [6.45, 7) is 13.8. The van der Waals surface area contributed by atoms with E-state index in [-0.39, 0.29) is 10.8 Å². The molecule has 2 aromatic heterocycles. The largest absolute Gasteiger partial charge is 0.313 e. The van der Waals surface area contributed by atoms with Gasteiger partial charge in [-0.1, -0.05) is 102 Å². The van der Waals surface area contributed by atoms with Crippen molar-refractivity contribution in [3.63, 3.8) is 0 Å². The van der Waals surface area contributed by atoms with E-state index in [1.165, 1.54) is 77.9 Å². The van der Waals surface area contributed by atoms with E-state index >= 15 is 0 Å². The molecule has 0 saturated heterocycles. The summed E-state index contributed by atoms with van der Waals surface area (Å²) in [5.74, 6) is 0. The predicted molar refractivity (Wildman–Crippen MR) is 198 cm³/mol. The van der Waals surface area contributed by atoms with Crippen LogP contribution in [0.3, 0.4) is 0 Å². The van der Waals surface area contributed by atoms with Gasteiger partial charge in [0, 0.05) is 44.7 Å². The second-order valence-electron chi connectivity index (χ2n) is 15.3. The molecule has 46 heavy (non-hydrogen) atoms. The highest BCUT2D eigenvalue weighted by Crippen LogP contribution is 2.39. The second-order valence-corrected chi connectivity index (χ2v) is 15.3. The Morgan fingerprint density at radius 3 is 1.35 bits per heavy atom. The zero-order chi connectivity index (χ0) is 31.8. The minimum atomic E-state index is 0.113.